The van der Waals surface area contributed by atoms with Gasteiger partial charge < -0.3 is 89.5 Å². The number of aliphatic hydroxyl groups is 9. The number of benzene rings is 4. The highest BCUT2D eigenvalue weighted by atomic mass is 16.7. The molecule has 0 aromatic heterocycles. The van der Waals surface area contributed by atoms with E-state index in [9.17, 15) is 70.2 Å². The number of carbonyl (C=O) groups is 4. The highest BCUT2D eigenvalue weighted by molar-refractivity contribution is 5.80. The molecular formula is C77H93NO21. The molecule has 19 atom stereocenters. The number of aliphatic hydroxyl groups excluding tert-OH is 8. The third-order valence-corrected chi connectivity index (χ3v) is 19.2. The molecule has 5 aliphatic rings. The fourth-order valence-corrected chi connectivity index (χ4v) is 13.7. The van der Waals surface area contributed by atoms with Gasteiger partial charge in [0.25, 0.3) is 0 Å². The minimum absolute atomic E-state index is 0.0838. The molecule has 22 nitrogen and oxygen atoms in total. The van der Waals surface area contributed by atoms with Gasteiger partial charge in [0, 0.05) is 49.4 Å². The molecule has 4 aromatic rings. The maximum absolute atomic E-state index is 14.1. The predicted molar refractivity (Wildman–Crippen MR) is 365 cm³/mol. The summed E-state index contributed by atoms with van der Waals surface area (Å²) >= 11 is 0. The number of aliphatic carboxylic acids is 1. The Morgan fingerprint density at radius 1 is 0.556 bits per heavy atom. The Morgan fingerprint density at radius 2 is 1.06 bits per heavy atom. The van der Waals surface area contributed by atoms with Crippen LogP contribution in [0.25, 0.3) is 22.3 Å². The van der Waals surface area contributed by atoms with Gasteiger partial charge in [-0.25, -0.2) is 9.59 Å². The molecule has 1 amide bonds. The number of hydrogen-bond donors (Lipinski definition) is 11. The van der Waals surface area contributed by atoms with Crippen LogP contribution in [-0.4, -0.2) is 186 Å². The number of hydrogen-bond acceptors (Lipinski definition) is 20. The number of ether oxygens (including phenoxy) is 7. The molecule has 99 heavy (non-hydrogen) atoms. The largest absolute Gasteiger partial charge is 0.508 e. The summed E-state index contributed by atoms with van der Waals surface area (Å²) in [6.07, 6.45) is -2.04. The maximum Gasteiger partial charge on any atom is 0.508 e. The Labute approximate surface area is 576 Å². The van der Waals surface area contributed by atoms with Crippen molar-refractivity contribution >= 4 is 24.2 Å². The number of fused-ring (bicyclic) bond motifs is 8. The van der Waals surface area contributed by atoms with Crippen molar-refractivity contribution in [3.63, 3.8) is 0 Å². The molecule has 2 saturated heterocycles. The Kier molecular flexibility index (Phi) is 26.9. The lowest BCUT2D eigenvalue weighted by molar-refractivity contribution is -0.309. The summed E-state index contributed by atoms with van der Waals surface area (Å²) in [4.78, 5) is 54.4. The average molecular weight is 1370 g/mol. The van der Waals surface area contributed by atoms with Crippen LogP contribution in [0.15, 0.2) is 182 Å². The van der Waals surface area contributed by atoms with Gasteiger partial charge in [-0.3, -0.25) is 9.59 Å². The van der Waals surface area contributed by atoms with Gasteiger partial charge >= 0.3 is 24.2 Å². The Balaban J connectivity index is 0.974. The minimum Gasteiger partial charge on any atom is -0.481 e. The van der Waals surface area contributed by atoms with Crippen LogP contribution in [0.4, 0.5) is 9.59 Å². The molecular weight excluding hydrogens is 1270 g/mol. The number of carbonyl (C=O) groups excluding carboxylic acids is 3. The molecule has 0 spiro atoms. The summed E-state index contributed by atoms with van der Waals surface area (Å²) < 4.78 is 41.9. The second-order valence-corrected chi connectivity index (χ2v) is 26.4. The summed E-state index contributed by atoms with van der Waals surface area (Å²) in [5, 5.41) is 117. The van der Waals surface area contributed by atoms with Crippen molar-refractivity contribution in [2.45, 2.75) is 188 Å². The van der Waals surface area contributed by atoms with Crippen LogP contribution >= 0.6 is 0 Å². The van der Waals surface area contributed by atoms with Crippen LogP contribution in [0.1, 0.15) is 113 Å². The molecule has 0 saturated carbocycles. The third-order valence-electron chi connectivity index (χ3n) is 19.2. The lowest BCUT2D eigenvalue weighted by Gasteiger charge is -2.46. The minimum atomic E-state index is -2.56. The van der Waals surface area contributed by atoms with Crippen molar-refractivity contribution in [1.29, 1.82) is 0 Å². The van der Waals surface area contributed by atoms with E-state index in [1.54, 1.807) is 86.8 Å². The Bertz CT molecular complexity index is 3490. The van der Waals surface area contributed by atoms with Crippen molar-refractivity contribution in [1.82, 2.24) is 5.32 Å². The van der Waals surface area contributed by atoms with Gasteiger partial charge in [0.05, 0.1) is 67.4 Å². The number of cyclic esters (lactones) is 1. The van der Waals surface area contributed by atoms with E-state index >= 15 is 0 Å². The first-order valence-electron chi connectivity index (χ1n) is 33.9. The van der Waals surface area contributed by atoms with Crippen LogP contribution < -0.4 is 5.32 Å². The monoisotopic (exact) mass is 1370 g/mol. The third kappa shape index (κ3) is 20.0. The fourth-order valence-electron chi connectivity index (χ4n) is 13.7. The van der Waals surface area contributed by atoms with Gasteiger partial charge in [0.15, 0.2) is 12.1 Å². The average Bonchev–Trinajstić information content (AvgIpc) is 1.71. The molecule has 9 rings (SSSR count). The summed E-state index contributed by atoms with van der Waals surface area (Å²) in [5.74, 6) is -8.22. The zero-order valence-corrected chi connectivity index (χ0v) is 55.9. The number of esters is 1. The van der Waals surface area contributed by atoms with Crippen molar-refractivity contribution in [3.8, 4) is 22.3 Å². The SMILES string of the molecule is C[C@@H]1[C@H](O)[C@@H](C)C=CC=CC=CC=CC=CC=CC=C[C@H](O[C@@H]2O[C@H](C)[C@@H](O)[C@H](NC(=O)OCC3c4ccccc4-c4ccccc43)[C@@H]2O)C[C@@H]2O[C@](O)(C[C@@H](O)C[C@@H](O)[C@H](O)CC[C@@H](O)C[C@@H](O)CC(=O)O[C@H]1C)C[C@H](OC(=O)OCC1c3ccccc3-c3ccccc31)[C@H]2C(=O)O. The van der Waals surface area contributed by atoms with Crippen LogP contribution in [0.5, 0.6) is 0 Å². The number of carboxylic acids is 1. The molecule has 2 fully saturated rings. The number of alkyl carbamates (subject to hydrolysis) is 1. The fraction of sp³-hybridized carbons (Fsp3) is 0.455. The maximum atomic E-state index is 14.1. The molecule has 532 valence electrons. The Hall–Kier alpha value is -7.94. The van der Waals surface area contributed by atoms with Crippen LogP contribution in [-0.2, 0) is 42.7 Å². The van der Waals surface area contributed by atoms with Gasteiger partial charge in [-0.2, -0.15) is 0 Å². The molecule has 2 bridgehead atoms. The topological polar surface area (TPSA) is 347 Å². The van der Waals surface area contributed by atoms with E-state index in [-0.39, 0.29) is 44.3 Å². The zero-order chi connectivity index (χ0) is 70.9. The molecule has 0 radical (unpaired) electrons. The number of amides is 1. The zero-order valence-electron chi connectivity index (χ0n) is 55.9. The first-order valence-corrected chi connectivity index (χ1v) is 33.9. The first-order chi connectivity index (χ1) is 47.5. The molecule has 0 unspecified atom stereocenters. The van der Waals surface area contributed by atoms with E-state index in [1.165, 1.54) is 13.0 Å². The predicted octanol–water partition coefficient (Wildman–Crippen LogP) is 8.27. The quantitative estimate of drug-likeness (QED) is 0.0554. The number of rotatable bonds is 9. The van der Waals surface area contributed by atoms with Crippen molar-refractivity contribution < 1.29 is 103 Å². The van der Waals surface area contributed by atoms with Crippen LogP contribution in [0.3, 0.4) is 0 Å². The van der Waals surface area contributed by atoms with Crippen LogP contribution in [0.2, 0.25) is 0 Å². The van der Waals surface area contributed by atoms with Gasteiger partial charge in [0.2, 0.25) is 0 Å². The molecule has 3 heterocycles. The summed E-state index contributed by atoms with van der Waals surface area (Å²) in [6, 6.07) is 29.3. The van der Waals surface area contributed by atoms with Crippen molar-refractivity contribution in [2.75, 3.05) is 13.2 Å². The van der Waals surface area contributed by atoms with Crippen molar-refractivity contribution in [2.24, 2.45) is 17.8 Å². The second kappa shape index (κ2) is 35.4. The first kappa shape index (κ1) is 75.3. The highest BCUT2D eigenvalue weighted by Gasteiger charge is 2.54. The van der Waals surface area contributed by atoms with Gasteiger partial charge in [-0.05, 0) is 77.6 Å². The van der Waals surface area contributed by atoms with E-state index in [0.29, 0.717) is 0 Å². The standard InChI is InChI=1S/C77H93NO21/c1-45-25-15-13-11-9-7-5-6-8-10-12-14-16-26-52(97-74-72(87)69(71(86)48(4)96-74)78-75(90)93-43-61-57-31-21-17-27-53(57)54-28-18-22-32-58(54)61)40-65-68(73(88)89)66(98-76(91)94-44-62-59-33-23-19-29-55(59)56-30-20-24-34-60(56)62)42-77(92,99-65)41-51(81)38-64(83)63(82)36-35-49(79)37-50(80)39-67(84)95-47(3)46(2)70(45)85/h5-34,45-52,61-66,68-72,74,79-83,85-87,92H,35-44H2,1-4H3,(H,78,90)(H,88,89)/t45-,46-,47-,48+,49+,50+,51-,52-,63+,64+,65-,66-,68-,69-,70+,71+,72-,74-,77+/m0/s1. The second-order valence-electron chi connectivity index (χ2n) is 26.4. The number of nitrogens with one attached hydrogen (secondary N) is 1. The van der Waals surface area contributed by atoms with Crippen molar-refractivity contribution in [3.05, 3.63) is 204 Å². The van der Waals surface area contributed by atoms with Crippen LogP contribution in [0, 0.1) is 17.8 Å². The van der Waals surface area contributed by atoms with E-state index < -0.39 is 172 Å². The highest BCUT2D eigenvalue weighted by Crippen LogP contribution is 2.47. The normalized spacial score (nSPS) is 32.4. The van der Waals surface area contributed by atoms with Gasteiger partial charge in [-0.15, -0.1) is 0 Å². The smallest absolute Gasteiger partial charge is 0.481 e. The molecule has 3 aliphatic heterocycles. The molecule has 4 aromatic carbocycles. The number of carboxylic acid groups (broad SMARTS) is 1. The Morgan fingerprint density at radius 3 is 1.60 bits per heavy atom. The van der Waals surface area contributed by atoms with Gasteiger partial charge in [-0.1, -0.05) is 196 Å². The lowest BCUT2D eigenvalue weighted by Crippen LogP contribution is -2.64. The van der Waals surface area contributed by atoms with E-state index in [2.05, 4.69) is 5.32 Å². The summed E-state index contributed by atoms with van der Waals surface area (Å²) in [5.41, 5.74) is 7.57. The lowest BCUT2D eigenvalue weighted by atomic mass is 9.82. The molecule has 2 aliphatic carbocycles. The number of allylic oxidation sites excluding steroid dienone is 12. The summed E-state index contributed by atoms with van der Waals surface area (Å²) in [7, 11) is 0. The van der Waals surface area contributed by atoms with E-state index in [0.717, 1.165) is 44.5 Å². The van der Waals surface area contributed by atoms with Gasteiger partial charge in [0.1, 0.15) is 43.5 Å². The molecule has 22 heteroatoms. The van der Waals surface area contributed by atoms with E-state index in [1.807, 2.05) is 110 Å². The van der Waals surface area contributed by atoms with E-state index in [4.69, 9.17) is 33.2 Å². The molecule has 11 N–H and O–H groups in total. The summed E-state index contributed by atoms with van der Waals surface area (Å²) in [6.45, 7) is 6.38.